The van der Waals surface area contributed by atoms with Gasteiger partial charge in [0.2, 0.25) is 10.0 Å². The zero-order valence-electron chi connectivity index (χ0n) is 14.7. The van der Waals surface area contributed by atoms with Crippen LogP contribution in [0.25, 0.3) is 0 Å². The highest BCUT2D eigenvalue weighted by Crippen LogP contribution is 2.28. The van der Waals surface area contributed by atoms with Crippen LogP contribution in [0.2, 0.25) is 0 Å². The van der Waals surface area contributed by atoms with E-state index in [2.05, 4.69) is 9.71 Å². The first-order chi connectivity index (χ1) is 12.8. The number of sulfonamides is 1. The summed E-state index contributed by atoms with van der Waals surface area (Å²) in [6.45, 7) is 1.42. The highest BCUT2D eigenvalue weighted by atomic mass is 32.2. The molecule has 9 heteroatoms. The van der Waals surface area contributed by atoms with Crippen molar-refractivity contribution in [1.82, 2.24) is 14.3 Å². The quantitative estimate of drug-likeness (QED) is 0.518. The molecule has 140 valence electrons. The molecule has 2 aromatic carbocycles. The number of hydrogen-bond acceptors (Lipinski definition) is 5. The fraction of sp³-hybridized carbons (Fsp3) is 0.167. The van der Waals surface area contributed by atoms with Crippen LogP contribution >= 0.6 is 0 Å². The smallest absolute Gasteiger partial charge is 0.273 e. The van der Waals surface area contributed by atoms with Gasteiger partial charge in [-0.15, -0.1) is 0 Å². The monoisotopic (exact) mass is 386 g/mol. The van der Waals surface area contributed by atoms with Crippen LogP contribution in [0.1, 0.15) is 23.0 Å². The van der Waals surface area contributed by atoms with Crippen LogP contribution in [0, 0.1) is 17.0 Å². The second-order valence-electron chi connectivity index (χ2n) is 6.02. The van der Waals surface area contributed by atoms with Crippen molar-refractivity contribution in [2.75, 3.05) is 0 Å². The predicted molar refractivity (Wildman–Crippen MR) is 99.6 cm³/mol. The average molecular weight is 386 g/mol. The average Bonchev–Trinajstić information content (AvgIpc) is 3.06. The van der Waals surface area contributed by atoms with Crippen LogP contribution < -0.4 is 4.72 Å². The molecule has 1 atom stereocenters. The van der Waals surface area contributed by atoms with Crippen molar-refractivity contribution in [2.24, 2.45) is 7.05 Å². The molecule has 0 spiro atoms. The molecule has 0 aliphatic carbocycles. The van der Waals surface area contributed by atoms with E-state index in [1.165, 1.54) is 25.1 Å². The zero-order valence-corrected chi connectivity index (χ0v) is 15.6. The van der Waals surface area contributed by atoms with Crippen molar-refractivity contribution in [3.63, 3.8) is 0 Å². The van der Waals surface area contributed by atoms with E-state index < -0.39 is 21.0 Å². The van der Waals surface area contributed by atoms with Crippen LogP contribution in [-0.4, -0.2) is 22.9 Å². The Labute approximate surface area is 156 Å². The summed E-state index contributed by atoms with van der Waals surface area (Å²) in [6.07, 6.45) is 3.30. The number of nitro groups is 1. The summed E-state index contributed by atoms with van der Waals surface area (Å²) in [5, 5.41) is 11.2. The molecule has 3 aromatic rings. The number of nitrogens with zero attached hydrogens (tertiary/aromatic N) is 3. The molecule has 27 heavy (non-hydrogen) atoms. The first-order valence-corrected chi connectivity index (χ1v) is 9.58. The topological polar surface area (TPSA) is 107 Å². The molecular weight excluding hydrogens is 368 g/mol. The molecule has 1 heterocycles. The number of nitro benzene ring substituents is 1. The van der Waals surface area contributed by atoms with E-state index in [1.807, 2.05) is 6.07 Å². The fourth-order valence-corrected chi connectivity index (χ4v) is 4.33. The van der Waals surface area contributed by atoms with Gasteiger partial charge in [0.05, 0.1) is 9.82 Å². The van der Waals surface area contributed by atoms with Crippen LogP contribution in [0.3, 0.4) is 0 Å². The Morgan fingerprint density at radius 1 is 1.15 bits per heavy atom. The summed E-state index contributed by atoms with van der Waals surface area (Å²) in [5.74, 6) is 0.507. The molecule has 0 amide bonds. The lowest BCUT2D eigenvalue weighted by Crippen LogP contribution is -2.31. The second kappa shape index (κ2) is 7.29. The number of benzene rings is 2. The number of rotatable bonds is 6. The molecule has 0 bridgehead atoms. The third kappa shape index (κ3) is 3.74. The van der Waals surface area contributed by atoms with Gasteiger partial charge in [-0.3, -0.25) is 10.1 Å². The maximum absolute atomic E-state index is 13.0. The van der Waals surface area contributed by atoms with Crippen molar-refractivity contribution in [3.8, 4) is 0 Å². The highest BCUT2D eigenvalue weighted by molar-refractivity contribution is 7.89. The number of imidazole rings is 1. The standard InChI is InChI=1S/C18H18N4O4S/c1-13-15(22(23)24)9-6-10-16(13)27(25,26)20-17(14-7-4-3-5-8-14)18-19-11-12-21(18)2/h3-12,17,20H,1-2H3. The summed E-state index contributed by atoms with van der Waals surface area (Å²) < 4.78 is 30.5. The Balaban J connectivity index is 2.08. The van der Waals surface area contributed by atoms with Gasteiger partial charge in [0, 0.05) is 31.1 Å². The van der Waals surface area contributed by atoms with Gasteiger partial charge in [0.1, 0.15) is 11.9 Å². The van der Waals surface area contributed by atoms with Crippen LogP contribution in [0.5, 0.6) is 0 Å². The molecule has 0 aliphatic rings. The van der Waals surface area contributed by atoms with Crippen molar-refractivity contribution >= 4 is 15.7 Å². The Kier molecular flexibility index (Phi) is 5.06. The third-order valence-electron chi connectivity index (χ3n) is 4.26. The molecule has 1 N–H and O–H groups in total. The minimum atomic E-state index is -4.04. The van der Waals surface area contributed by atoms with Gasteiger partial charge in [-0.1, -0.05) is 36.4 Å². The highest BCUT2D eigenvalue weighted by Gasteiger charge is 2.28. The molecule has 0 aliphatic heterocycles. The number of aromatic nitrogens is 2. The van der Waals surface area contributed by atoms with Crippen LogP contribution in [0.15, 0.2) is 65.8 Å². The van der Waals surface area contributed by atoms with Gasteiger partial charge in [-0.2, -0.15) is 4.72 Å². The van der Waals surface area contributed by atoms with E-state index in [0.717, 1.165) is 0 Å². The first-order valence-electron chi connectivity index (χ1n) is 8.10. The lowest BCUT2D eigenvalue weighted by Gasteiger charge is -2.20. The maximum Gasteiger partial charge on any atom is 0.273 e. The Morgan fingerprint density at radius 2 is 1.85 bits per heavy atom. The van der Waals surface area contributed by atoms with Gasteiger partial charge in [0.15, 0.2) is 0 Å². The SMILES string of the molecule is Cc1c([N+](=O)[O-])cccc1S(=O)(=O)NC(c1ccccc1)c1nccn1C. The number of aryl methyl sites for hydroxylation is 1. The number of nitrogens with one attached hydrogen (secondary N) is 1. The van der Waals surface area contributed by atoms with Gasteiger partial charge < -0.3 is 4.57 Å². The largest absolute Gasteiger partial charge is 0.336 e. The van der Waals surface area contributed by atoms with E-state index in [1.54, 1.807) is 48.3 Å². The summed E-state index contributed by atoms with van der Waals surface area (Å²) in [4.78, 5) is 14.7. The summed E-state index contributed by atoms with van der Waals surface area (Å²) >= 11 is 0. The van der Waals surface area contributed by atoms with E-state index in [0.29, 0.717) is 11.4 Å². The zero-order chi connectivity index (χ0) is 19.6. The fourth-order valence-electron chi connectivity index (χ4n) is 2.88. The van der Waals surface area contributed by atoms with Crippen molar-refractivity contribution < 1.29 is 13.3 Å². The molecule has 0 fully saturated rings. The van der Waals surface area contributed by atoms with E-state index in [-0.39, 0.29) is 16.1 Å². The maximum atomic E-state index is 13.0. The lowest BCUT2D eigenvalue weighted by molar-refractivity contribution is -0.385. The molecule has 0 radical (unpaired) electrons. The van der Waals surface area contributed by atoms with Gasteiger partial charge in [0.25, 0.3) is 5.69 Å². The Morgan fingerprint density at radius 3 is 2.44 bits per heavy atom. The van der Waals surface area contributed by atoms with Crippen molar-refractivity contribution in [1.29, 1.82) is 0 Å². The molecule has 1 aromatic heterocycles. The summed E-state index contributed by atoms with van der Waals surface area (Å²) in [7, 11) is -2.28. The van der Waals surface area contributed by atoms with Gasteiger partial charge in [-0.25, -0.2) is 13.4 Å². The molecule has 8 nitrogen and oxygen atoms in total. The summed E-state index contributed by atoms with van der Waals surface area (Å²) in [6, 6.07) is 12.3. The van der Waals surface area contributed by atoms with Crippen LogP contribution in [0.4, 0.5) is 5.69 Å². The lowest BCUT2D eigenvalue weighted by atomic mass is 10.1. The molecule has 0 saturated carbocycles. The second-order valence-corrected chi connectivity index (χ2v) is 7.70. The van der Waals surface area contributed by atoms with E-state index in [4.69, 9.17) is 0 Å². The Bertz CT molecular complexity index is 1080. The van der Waals surface area contributed by atoms with Gasteiger partial charge >= 0.3 is 0 Å². The Hall–Kier alpha value is -3.04. The van der Waals surface area contributed by atoms with Crippen molar-refractivity contribution in [2.45, 2.75) is 17.9 Å². The number of hydrogen-bond donors (Lipinski definition) is 1. The predicted octanol–water partition coefficient (Wildman–Crippen LogP) is 2.70. The van der Waals surface area contributed by atoms with Crippen molar-refractivity contribution in [3.05, 3.63) is 88.0 Å². The van der Waals surface area contributed by atoms with E-state index in [9.17, 15) is 18.5 Å². The van der Waals surface area contributed by atoms with E-state index >= 15 is 0 Å². The first kappa shape index (κ1) is 18.7. The third-order valence-corrected chi connectivity index (χ3v) is 5.83. The molecule has 3 rings (SSSR count). The van der Waals surface area contributed by atoms with Gasteiger partial charge in [-0.05, 0) is 18.6 Å². The minimum Gasteiger partial charge on any atom is -0.336 e. The minimum absolute atomic E-state index is 0.0849. The normalized spacial score (nSPS) is 12.7. The molecule has 1 unspecified atom stereocenters. The molecule has 0 saturated heterocycles. The van der Waals surface area contributed by atoms with Crippen LogP contribution in [-0.2, 0) is 17.1 Å². The summed E-state index contributed by atoms with van der Waals surface area (Å²) in [5.41, 5.74) is 0.547. The molecular formula is C18H18N4O4S.